The van der Waals surface area contributed by atoms with Crippen LogP contribution < -0.4 is 0 Å². The second kappa shape index (κ2) is 7.82. The number of halogens is 2. The molecule has 0 aromatic rings. The molecule has 0 nitrogen and oxygen atoms in total. The smallest absolute Gasteiger partial charge is 0.147 e. The summed E-state index contributed by atoms with van der Waals surface area (Å²) in [6, 6.07) is 0. The van der Waals surface area contributed by atoms with Gasteiger partial charge < -0.3 is 0 Å². The van der Waals surface area contributed by atoms with E-state index < -0.39 is 19.3 Å². The van der Waals surface area contributed by atoms with Crippen LogP contribution >= 0.6 is 24.8 Å². The van der Waals surface area contributed by atoms with Crippen molar-refractivity contribution in [1.82, 2.24) is 0 Å². The van der Waals surface area contributed by atoms with Crippen LogP contribution in [0.25, 0.3) is 0 Å². The predicted molar refractivity (Wildman–Crippen MR) is 90.9 cm³/mol. The Bertz CT molecular complexity index is 514. The van der Waals surface area contributed by atoms with Crippen LogP contribution in [0.1, 0.15) is 40.5 Å². The summed E-state index contributed by atoms with van der Waals surface area (Å²) in [5.41, 5.74) is 0. The molecule has 19 heavy (non-hydrogen) atoms. The summed E-state index contributed by atoms with van der Waals surface area (Å²) in [6.07, 6.45) is 16.3. The van der Waals surface area contributed by atoms with Crippen LogP contribution in [0.3, 0.4) is 0 Å². The van der Waals surface area contributed by atoms with Crippen molar-refractivity contribution in [3.05, 3.63) is 43.0 Å². The molecule has 0 aromatic heterocycles. The minimum Gasteiger partial charge on any atom is -0.147 e. The van der Waals surface area contributed by atoms with E-state index in [2.05, 4.69) is 64.2 Å². The SMILES string of the molecule is C[C](C)=[Zr]([C]1=CC=CC1)([C]1=CC=CC1)=[C](C)C.Cl.Cl. The summed E-state index contributed by atoms with van der Waals surface area (Å²) < 4.78 is 6.89. The molecule has 0 fully saturated rings. The van der Waals surface area contributed by atoms with Gasteiger partial charge in [0, 0.05) is 0 Å². The number of allylic oxidation sites excluding steroid dienone is 8. The summed E-state index contributed by atoms with van der Waals surface area (Å²) in [5.74, 6) is 0. The van der Waals surface area contributed by atoms with Crippen molar-refractivity contribution in [2.45, 2.75) is 40.5 Å². The van der Waals surface area contributed by atoms with Crippen molar-refractivity contribution in [1.29, 1.82) is 0 Å². The first-order valence-electron chi connectivity index (χ1n) is 6.43. The van der Waals surface area contributed by atoms with E-state index in [0.29, 0.717) is 0 Å². The second-order valence-electron chi connectivity index (χ2n) is 5.40. The number of hydrogen-bond donors (Lipinski definition) is 0. The molecule has 0 heterocycles. The third-order valence-corrected chi connectivity index (χ3v) is 17.9. The van der Waals surface area contributed by atoms with Gasteiger partial charge in [0.05, 0.1) is 0 Å². The van der Waals surface area contributed by atoms with E-state index in [1.165, 1.54) is 12.8 Å². The van der Waals surface area contributed by atoms with E-state index in [4.69, 9.17) is 0 Å². The van der Waals surface area contributed by atoms with Crippen molar-refractivity contribution in [2.75, 3.05) is 0 Å². The van der Waals surface area contributed by atoms with Gasteiger partial charge >= 0.3 is 109 Å². The Morgan fingerprint density at radius 3 is 1.37 bits per heavy atom. The summed E-state index contributed by atoms with van der Waals surface area (Å²) >= 11 is -2.55. The maximum absolute atomic E-state index is 2.55. The number of rotatable bonds is 2. The summed E-state index contributed by atoms with van der Waals surface area (Å²) in [5, 5.41) is 0. The molecule has 0 atom stereocenters. The first-order valence-corrected chi connectivity index (χ1v) is 11.4. The summed E-state index contributed by atoms with van der Waals surface area (Å²) in [7, 11) is 0. The van der Waals surface area contributed by atoms with Gasteiger partial charge in [-0.2, -0.15) is 0 Å². The molecular weight excluding hydrogens is 354 g/mol. The molecule has 2 aliphatic rings. The Morgan fingerprint density at radius 2 is 1.16 bits per heavy atom. The fraction of sp³-hybridized carbons (Fsp3) is 0.375. The molecule has 0 saturated carbocycles. The Labute approximate surface area is 133 Å². The molecule has 106 valence electrons. The normalized spacial score (nSPS) is 15.6. The van der Waals surface area contributed by atoms with Crippen LogP contribution in [0.5, 0.6) is 0 Å². The van der Waals surface area contributed by atoms with Gasteiger partial charge in [0.15, 0.2) is 0 Å². The van der Waals surface area contributed by atoms with Gasteiger partial charge in [0.25, 0.3) is 0 Å². The maximum atomic E-state index is 2.40. The Morgan fingerprint density at radius 1 is 0.789 bits per heavy atom. The Hall–Kier alpha value is 0.163. The van der Waals surface area contributed by atoms with Crippen LogP contribution in [0.2, 0.25) is 0 Å². The van der Waals surface area contributed by atoms with Crippen LogP contribution in [-0.4, -0.2) is 6.41 Å². The molecule has 2 aliphatic carbocycles. The van der Waals surface area contributed by atoms with Crippen molar-refractivity contribution in [3.63, 3.8) is 0 Å². The van der Waals surface area contributed by atoms with Crippen LogP contribution in [0.4, 0.5) is 0 Å². The molecule has 3 heteroatoms. The molecule has 2 rings (SSSR count). The van der Waals surface area contributed by atoms with Gasteiger partial charge in [0.2, 0.25) is 0 Å². The van der Waals surface area contributed by atoms with E-state index in [1.54, 1.807) is 13.0 Å². The average Bonchev–Trinajstić information content (AvgIpc) is 2.88. The third-order valence-electron chi connectivity index (χ3n) is 4.01. The zero-order chi connectivity index (χ0) is 12.5. The van der Waals surface area contributed by atoms with Crippen LogP contribution in [0.15, 0.2) is 43.0 Å². The van der Waals surface area contributed by atoms with Crippen molar-refractivity contribution < 1.29 is 19.3 Å². The molecule has 0 saturated heterocycles. The van der Waals surface area contributed by atoms with Gasteiger partial charge in [-0.25, -0.2) is 0 Å². The summed E-state index contributed by atoms with van der Waals surface area (Å²) in [6.45, 7) is 9.45. The molecule has 0 N–H and O–H groups in total. The fourth-order valence-electron chi connectivity index (χ4n) is 3.44. The first kappa shape index (κ1) is 19.2. The largest absolute Gasteiger partial charge is 0.147 e. The molecule has 0 aliphatic heterocycles. The van der Waals surface area contributed by atoms with E-state index >= 15 is 0 Å². The number of hydrogen-bond acceptors (Lipinski definition) is 0. The molecule has 0 aromatic carbocycles. The van der Waals surface area contributed by atoms with E-state index in [-0.39, 0.29) is 24.8 Å². The quantitative estimate of drug-likeness (QED) is 0.627. The molecule has 0 unspecified atom stereocenters. The maximum Gasteiger partial charge on any atom is -0.147 e. The molecule has 0 spiro atoms. The average molecular weight is 378 g/mol. The van der Waals surface area contributed by atoms with E-state index in [0.717, 1.165) is 0 Å². The fourth-order valence-corrected chi connectivity index (χ4v) is 17.0. The van der Waals surface area contributed by atoms with Crippen LogP contribution in [0, 0.1) is 0 Å². The van der Waals surface area contributed by atoms with Crippen LogP contribution in [-0.2, 0) is 19.3 Å². The van der Waals surface area contributed by atoms with E-state index in [9.17, 15) is 0 Å². The standard InChI is InChI=1S/2C5H5.2C3H6.2ClH.Zr/c2*1-2-4-5-3-1;2*1-3-2;;;/h2*1-3H,4H2;2*1-2H3;2*1H;. The Kier molecular flexibility index (Phi) is 7.88. The molecule has 0 radical (unpaired) electrons. The van der Waals surface area contributed by atoms with E-state index in [1.807, 2.05) is 0 Å². The van der Waals surface area contributed by atoms with Crippen molar-refractivity contribution >= 4 is 31.2 Å². The zero-order valence-corrected chi connectivity index (χ0v) is 16.3. The second-order valence-corrected chi connectivity index (χ2v) is 17.2. The third kappa shape index (κ3) is 3.26. The molecular formula is C16H24Cl2Zr. The monoisotopic (exact) mass is 376 g/mol. The van der Waals surface area contributed by atoms with Gasteiger partial charge in [-0.05, 0) is 0 Å². The molecule has 0 amide bonds. The topological polar surface area (TPSA) is 0 Å². The minimum atomic E-state index is -2.55. The Balaban J connectivity index is 0.00000162. The first-order chi connectivity index (χ1) is 8.10. The van der Waals surface area contributed by atoms with Crippen molar-refractivity contribution in [3.8, 4) is 0 Å². The summed E-state index contributed by atoms with van der Waals surface area (Å²) in [4.78, 5) is 0. The van der Waals surface area contributed by atoms with Crippen molar-refractivity contribution in [2.24, 2.45) is 0 Å². The van der Waals surface area contributed by atoms with Gasteiger partial charge in [0.1, 0.15) is 0 Å². The predicted octanol–water partition coefficient (Wildman–Crippen LogP) is 5.10. The molecule has 0 bridgehead atoms. The minimum absolute atomic E-state index is 0. The van der Waals surface area contributed by atoms with Gasteiger partial charge in [-0.3, -0.25) is 0 Å². The van der Waals surface area contributed by atoms with Gasteiger partial charge in [-0.15, -0.1) is 24.8 Å². The zero-order valence-electron chi connectivity index (χ0n) is 12.2. The van der Waals surface area contributed by atoms with Gasteiger partial charge in [-0.1, -0.05) is 0 Å².